The molecule has 1 aromatic rings. The molecule has 3 N–H and O–H groups in total. The van der Waals surface area contributed by atoms with Gasteiger partial charge in [0.05, 0.1) is 12.7 Å². The highest BCUT2D eigenvalue weighted by Gasteiger charge is 2.42. The number of amides is 2. The summed E-state index contributed by atoms with van der Waals surface area (Å²) in [4.78, 5) is 25.0. The number of methoxy groups -OCH3 is 1. The van der Waals surface area contributed by atoms with Gasteiger partial charge in [-0.15, -0.1) is 0 Å². The van der Waals surface area contributed by atoms with E-state index in [0.717, 1.165) is 0 Å². The number of hydrogen-bond acceptors (Lipinski definition) is 5. The Morgan fingerprint density at radius 1 is 1.43 bits per heavy atom. The number of nitrogens with one attached hydrogen (secondary N) is 1. The first-order chi connectivity index (χ1) is 10.9. The standard InChI is InChI=1S/C16H22N2O5/c1-11(19)17-10-16(22)7-8-18(9-14(16)20)15(21)12-5-3-4-6-13(12)23-2/h3-6,14,20,22H,7-10H2,1-2H3,(H,17,19)/t14-,16-/m1/s1. The lowest BCUT2D eigenvalue weighted by molar-refractivity contribution is -0.127. The molecule has 2 amide bonds. The third-order valence-electron chi connectivity index (χ3n) is 4.10. The van der Waals surface area contributed by atoms with Gasteiger partial charge in [0.2, 0.25) is 5.91 Å². The smallest absolute Gasteiger partial charge is 0.257 e. The predicted octanol–water partition coefficient (Wildman–Crippen LogP) is -0.231. The summed E-state index contributed by atoms with van der Waals surface area (Å²) in [6.45, 7) is 1.58. The number of β-amino-alcohol motifs (C(OH)–C–C–N with tert-alkyl or cyclic N) is 1. The quantitative estimate of drug-likeness (QED) is 0.711. The number of hydrogen-bond donors (Lipinski definition) is 3. The van der Waals surface area contributed by atoms with Crippen molar-refractivity contribution < 1.29 is 24.5 Å². The van der Waals surface area contributed by atoms with E-state index in [1.165, 1.54) is 18.9 Å². The van der Waals surface area contributed by atoms with Crippen LogP contribution in [0.2, 0.25) is 0 Å². The lowest BCUT2D eigenvalue weighted by Crippen LogP contribution is -2.61. The summed E-state index contributed by atoms with van der Waals surface area (Å²) in [6.07, 6.45) is -0.961. The maximum Gasteiger partial charge on any atom is 0.257 e. The molecule has 0 radical (unpaired) electrons. The Morgan fingerprint density at radius 3 is 2.74 bits per heavy atom. The fourth-order valence-electron chi connectivity index (χ4n) is 2.62. The molecule has 1 aliphatic rings. The minimum Gasteiger partial charge on any atom is -0.496 e. The number of carbonyl (C=O) groups excluding carboxylic acids is 2. The molecule has 1 aromatic carbocycles. The Bertz CT molecular complexity index is 592. The minimum atomic E-state index is -1.43. The van der Waals surface area contributed by atoms with E-state index in [4.69, 9.17) is 4.74 Å². The van der Waals surface area contributed by atoms with E-state index in [-0.39, 0.29) is 37.9 Å². The molecule has 7 heteroatoms. The Balaban J connectivity index is 2.07. The Labute approximate surface area is 134 Å². The van der Waals surface area contributed by atoms with Crippen LogP contribution in [-0.2, 0) is 4.79 Å². The lowest BCUT2D eigenvalue weighted by Gasteiger charge is -2.42. The number of carbonyl (C=O) groups is 2. The molecule has 0 aromatic heterocycles. The summed E-state index contributed by atoms with van der Waals surface area (Å²) in [5.41, 5.74) is -1.02. The van der Waals surface area contributed by atoms with Crippen LogP contribution in [0.4, 0.5) is 0 Å². The third-order valence-corrected chi connectivity index (χ3v) is 4.10. The van der Waals surface area contributed by atoms with Gasteiger partial charge in [-0.3, -0.25) is 9.59 Å². The Kier molecular flexibility index (Phi) is 5.23. The Morgan fingerprint density at radius 2 is 2.13 bits per heavy atom. The van der Waals surface area contributed by atoms with Gasteiger partial charge in [-0.25, -0.2) is 0 Å². The van der Waals surface area contributed by atoms with Crippen molar-refractivity contribution in [3.05, 3.63) is 29.8 Å². The van der Waals surface area contributed by atoms with E-state index in [1.54, 1.807) is 24.3 Å². The zero-order chi connectivity index (χ0) is 17.0. The molecule has 7 nitrogen and oxygen atoms in total. The minimum absolute atomic E-state index is 0.00698. The van der Waals surface area contributed by atoms with Crippen LogP contribution >= 0.6 is 0 Å². The molecule has 1 fully saturated rings. The molecule has 0 unspecified atom stereocenters. The summed E-state index contributed by atoms with van der Waals surface area (Å²) in [7, 11) is 1.49. The van der Waals surface area contributed by atoms with Crippen LogP contribution in [0.15, 0.2) is 24.3 Å². The lowest BCUT2D eigenvalue weighted by atomic mass is 9.88. The summed E-state index contributed by atoms with van der Waals surface area (Å²) < 4.78 is 5.18. The molecule has 0 spiro atoms. The van der Waals surface area contributed by atoms with E-state index < -0.39 is 11.7 Å². The number of piperidine rings is 1. The average molecular weight is 322 g/mol. The first-order valence-electron chi connectivity index (χ1n) is 7.44. The van der Waals surface area contributed by atoms with E-state index in [9.17, 15) is 19.8 Å². The van der Waals surface area contributed by atoms with Gasteiger partial charge in [0.1, 0.15) is 17.5 Å². The van der Waals surface area contributed by atoms with Gasteiger partial charge >= 0.3 is 0 Å². The molecule has 2 atom stereocenters. The molecular formula is C16H22N2O5. The van der Waals surface area contributed by atoms with Crippen molar-refractivity contribution in [2.45, 2.75) is 25.0 Å². The van der Waals surface area contributed by atoms with Crippen molar-refractivity contribution in [2.24, 2.45) is 0 Å². The summed E-state index contributed by atoms with van der Waals surface area (Å²) in [5, 5.41) is 23.1. The monoisotopic (exact) mass is 322 g/mol. The average Bonchev–Trinajstić information content (AvgIpc) is 2.55. The molecule has 1 aliphatic heterocycles. The number of aliphatic hydroxyl groups excluding tert-OH is 1. The second kappa shape index (κ2) is 6.97. The number of likely N-dealkylation sites (tertiary alicyclic amines) is 1. The summed E-state index contributed by atoms with van der Waals surface area (Å²) in [6, 6.07) is 6.86. The van der Waals surface area contributed by atoms with Crippen LogP contribution in [0, 0.1) is 0 Å². The molecule has 0 saturated carbocycles. The highest BCUT2D eigenvalue weighted by atomic mass is 16.5. The maximum atomic E-state index is 12.6. The van der Waals surface area contributed by atoms with Crippen molar-refractivity contribution in [1.29, 1.82) is 0 Å². The number of para-hydroxylation sites is 1. The second-order valence-electron chi connectivity index (χ2n) is 5.73. The number of ether oxygens (including phenoxy) is 1. The van der Waals surface area contributed by atoms with Crippen LogP contribution in [0.5, 0.6) is 5.75 Å². The van der Waals surface area contributed by atoms with E-state index >= 15 is 0 Å². The van der Waals surface area contributed by atoms with Crippen LogP contribution in [0.1, 0.15) is 23.7 Å². The first kappa shape index (κ1) is 17.2. The predicted molar refractivity (Wildman–Crippen MR) is 83.2 cm³/mol. The molecule has 1 heterocycles. The maximum absolute atomic E-state index is 12.6. The van der Waals surface area contributed by atoms with Crippen LogP contribution in [-0.4, -0.2) is 65.4 Å². The first-order valence-corrected chi connectivity index (χ1v) is 7.44. The van der Waals surface area contributed by atoms with Gasteiger partial charge in [0.25, 0.3) is 5.91 Å². The molecular weight excluding hydrogens is 300 g/mol. The Hall–Kier alpha value is -2.12. The molecule has 1 saturated heterocycles. The van der Waals surface area contributed by atoms with Crippen LogP contribution in [0.3, 0.4) is 0 Å². The van der Waals surface area contributed by atoms with Gasteiger partial charge in [-0.1, -0.05) is 12.1 Å². The van der Waals surface area contributed by atoms with Crippen molar-refractivity contribution in [3.8, 4) is 5.75 Å². The topological polar surface area (TPSA) is 99.1 Å². The van der Waals surface area contributed by atoms with E-state index in [2.05, 4.69) is 5.32 Å². The number of aliphatic hydroxyl groups is 2. The van der Waals surface area contributed by atoms with Gasteiger partial charge in [-0.05, 0) is 18.6 Å². The fourth-order valence-corrected chi connectivity index (χ4v) is 2.62. The van der Waals surface area contributed by atoms with Gasteiger partial charge in [0.15, 0.2) is 0 Å². The molecule has 0 bridgehead atoms. The third kappa shape index (κ3) is 3.80. The number of rotatable bonds is 4. The normalized spacial score (nSPS) is 24.2. The van der Waals surface area contributed by atoms with Crippen molar-refractivity contribution in [2.75, 3.05) is 26.7 Å². The highest BCUT2D eigenvalue weighted by molar-refractivity contribution is 5.97. The van der Waals surface area contributed by atoms with Crippen LogP contribution < -0.4 is 10.1 Å². The van der Waals surface area contributed by atoms with Crippen LogP contribution in [0.25, 0.3) is 0 Å². The zero-order valence-electron chi connectivity index (χ0n) is 13.3. The fraction of sp³-hybridized carbons (Fsp3) is 0.500. The van der Waals surface area contributed by atoms with Gasteiger partial charge < -0.3 is 25.2 Å². The molecule has 0 aliphatic carbocycles. The number of nitrogens with zero attached hydrogens (tertiary/aromatic N) is 1. The molecule has 23 heavy (non-hydrogen) atoms. The molecule has 126 valence electrons. The van der Waals surface area contributed by atoms with Crippen molar-refractivity contribution in [1.82, 2.24) is 10.2 Å². The van der Waals surface area contributed by atoms with Gasteiger partial charge in [0, 0.05) is 26.6 Å². The summed E-state index contributed by atoms with van der Waals surface area (Å²) in [5.74, 6) is -0.0766. The van der Waals surface area contributed by atoms with Crippen molar-refractivity contribution in [3.63, 3.8) is 0 Å². The van der Waals surface area contributed by atoms with E-state index in [0.29, 0.717) is 11.3 Å². The number of benzene rings is 1. The van der Waals surface area contributed by atoms with Crippen molar-refractivity contribution >= 4 is 11.8 Å². The second-order valence-corrected chi connectivity index (χ2v) is 5.73. The largest absolute Gasteiger partial charge is 0.496 e. The van der Waals surface area contributed by atoms with E-state index in [1.807, 2.05) is 0 Å². The zero-order valence-corrected chi connectivity index (χ0v) is 13.3. The molecule has 2 rings (SSSR count). The summed E-state index contributed by atoms with van der Waals surface area (Å²) >= 11 is 0. The SMILES string of the molecule is COc1ccccc1C(=O)N1CC[C@@](O)(CNC(C)=O)[C@H](O)C1. The highest BCUT2D eigenvalue weighted by Crippen LogP contribution is 2.26. The van der Waals surface area contributed by atoms with Gasteiger partial charge in [-0.2, -0.15) is 0 Å².